The van der Waals surface area contributed by atoms with Crippen LogP contribution in [0.5, 0.6) is 0 Å². The zero-order valence-corrected chi connectivity index (χ0v) is 9.60. The van der Waals surface area contributed by atoms with Crippen molar-refractivity contribution >= 4 is 15.9 Å². The van der Waals surface area contributed by atoms with E-state index < -0.39 is 15.3 Å². The Morgan fingerprint density at radius 1 is 1.53 bits per heavy atom. The smallest absolute Gasteiger partial charge is 0.227 e. The lowest BCUT2D eigenvalue weighted by Gasteiger charge is -2.09. The molecule has 0 aliphatic rings. The van der Waals surface area contributed by atoms with Gasteiger partial charge in [0.2, 0.25) is 15.9 Å². The van der Waals surface area contributed by atoms with Crippen molar-refractivity contribution in [2.45, 2.75) is 25.0 Å². The van der Waals surface area contributed by atoms with Crippen LogP contribution in [0.2, 0.25) is 0 Å². The molecule has 6 nitrogen and oxygen atoms in total. The number of hydrogen-bond donors (Lipinski definition) is 2. The summed E-state index contributed by atoms with van der Waals surface area (Å²) < 4.78 is 25.0. The first-order chi connectivity index (χ1) is 6.97. The molecule has 0 saturated carbocycles. The molecule has 15 heavy (non-hydrogen) atoms. The summed E-state index contributed by atoms with van der Waals surface area (Å²) in [5.74, 6) is -0.247. The molecular formula is C8H15N3O3S. The highest BCUT2D eigenvalue weighted by atomic mass is 32.2. The van der Waals surface area contributed by atoms with E-state index in [0.29, 0.717) is 0 Å². The maximum absolute atomic E-state index is 11.4. The van der Waals surface area contributed by atoms with Crippen LogP contribution in [0.3, 0.4) is 0 Å². The summed E-state index contributed by atoms with van der Waals surface area (Å²) in [5.41, 5.74) is 0. The van der Waals surface area contributed by atoms with Gasteiger partial charge in [0.15, 0.2) is 5.25 Å². The van der Waals surface area contributed by atoms with E-state index in [2.05, 4.69) is 10.0 Å². The van der Waals surface area contributed by atoms with Crippen molar-refractivity contribution in [3.63, 3.8) is 0 Å². The van der Waals surface area contributed by atoms with E-state index in [-0.39, 0.29) is 25.3 Å². The molecule has 2 N–H and O–H groups in total. The molecule has 0 radical (unpaired) electrons. The molecule has 0 bridgehead atoms. The van der Waals surface area contributed by atoms with E-state index in [1.54, 1.807) is 13.0 Å². The van der Waals surface area contributed by atoms with E-state index >= 15 is 0 Å². The third kappa shape index (κ3) is 4.76. The molecule has 7 heteroatoms. The number of carbonyl (C=O) groups is 1. The van der Waals surface area contributed by atoms with Gasteiger partial charge in [0.25, 0.3) is 0 Å². The first-order valence-electron chi connectivity index (χ1n) is 4.56. The maximum atomic E-state index is 11.4. The third-order valence-corrected chi connectivity index (χ3v) is 3.62. The summed E-state index contributed by atoms with van der Waals surface area (Å²) in [6.45, 7) is 1.63. The molecule has 0 rings (SSSR count). The number of nitrogens with one attached hydrogen (secondary N) is 2. The monoisotopic (exact) mass is 233 g/mol. The Hall–Kier alpha value is -1.13. The summed E-state index contributed by atoms with van der Waals surface area (Å²) in [6, 6.07) is 1.69. The summed E-state index contributed by atoms with van der Waals surface area (Å²) in [6.07, 6.45) is 0.295. The van der Waals surface area contributed by atoms with Crippen LogP contribution in [-0.2, 0) is 14.8 Å². The second-order valence-corrected chi connectivity index (χ2v) is 4.84. The lowest BCUT2D eigenvalue weighted by Crippen LogP contribution is -2.35. The van der Waals surface area contributed by atoms with Crippen LogP contribution in [0.4, 0.5) is 0 Å². The predicted molar refractivity (Wildman–Crippen MR) is 55.3 cm³/mol. The van der Waals surface area contributed by atoms with Gasteiger partial charge in [-0.15, -0.1) is 0 Å². The first kappa shape index (κ1) is 13.9. The fourth-order valence-corrected chi connectivity index (χ4v) is 2.08. The molecule has 0 aliphatic carbocycles. The Morgan fingerprint density at radius 3 is 2.53 bits per heavy atom. The molecule has 0 saturated heterocycles. The van der Waals surface area contributed by atoms with Gasteiger partial charge in [-0.3, -0.25) is 4.79 Å². The van der Waals surface area contributed by atoms with Crippen molar-refractivity contribution < 1.29 is 13.2 Å². The highest BCUT2D eigenvalue weighted by molar-refractivity contribution is 7.90. The van der Waals surface area contributed by atoms with E-state index in [1.807, 2.05) is 0 Å². The molecule has 1 atom stereocenters. The first-order valence-corrected chi connectivity index (χ1v) is 6.11. The van der Waals surface area contributed by atoms with Gasteiger partial charge in [-0.25, -0.2) is 13.1 Å². The largest absolute Gasteiger partial charge is 0.359 e. The average molecular weight is 233 g/mol. The van der Waals surface area contributed by atoms with Crippen LogP contribution < -0.4 is 10.0 Å². The highest BCUT2D eigenvalue weighted by Crippen LogP contribution is 2.02. The Balaban J connectivity index is 4.18. The number of rotatable bonds is 6. The SMILES string of the molecule is CCC(C#N)S(=O)(=O)NCCC(=O)NC. The van der Waals surface area contributed by atoms with Gasteiger partial charge in [-0.1, -0.05) is 6.92 Å². The zero-order chi connectivity index (χ0) is 11.9. The fourth-order valence-electron chi connectivity index (χ4n) is 0.913. The van der Waals surface area contributed by atoms with E-state index in [1.165, 1.54) is 7.05 Å². The highest BCUT2D eigenvalue weighted by Gasteiger charge is 2.22. The Labute approximate surface area is 89.7 Å². The van der Waals surface area contributed by atoms with Crippen molar-refractivity contribution in [2.75, 3.05) is 13.6 Å². The van der Waals surface area contributed by atoms with Gasteiger partial charge in [0.1, 0.15) is 0 Å². The van der Waals surface area contributed by atoms with Crippen molar-refractivity contribution in [3.05, 3.63) is 0 Å². The van der Waals surface area contributed by atoms with Crippen molar-refractivity contribution in [2.24, 2.45) is 0 Å². The number of amides is 1. The second-order valence-electron chi connectivity index (χ2n) is 2.89. The number of carbonyl (C=O) groups excluding carboxylic acids is 1. The van der Waals surface area contributed by atoms with Crippen LogP contribution in [0.15, 0.2) is 0 Å². The summed E-state index contributed by atoms with van der Waals surface area (Å²) in [4.78, 5) is 10.8. The van der Waals surface area contributed by atoms with Crippen molar-refractivity contribution in [3.8, 4) is 6.07 Å². The average Bonchev–Trinajstić information content (AvgIpc) is 2.18. The molecule has 1 amide bonds. The van der Waals surface area contributed by atoms with Gasteiger partial charge >= 0.3 is 0 Å². The summed E-state index contributed by atoms with van der Waals surface area (Å²) in [5, 5.41) is 9.88. The molecule has 0 aromatic carbocycles. The van der Waals surface area contributed by atoms with Crippen molar-refractivity contribution in [1.82, 2.24) is 10.0 Å². The Kier molecular flexibility index (Phi) is 5.89. The quantitative estimate of drug-likeness (QED) is 0.636. The van der Waals surface area contributed by atoms with Crippen LogP contribution in [0, 0.1) is 11.3 Å². The molecule has 1 unspecified atom stereocenters. The summed E-state index contributed by atoms with van der Waals surface area (Å²) in [7, 11) is -2.14. The normalized spacial score (nSPS) is 12.9. The lowest BCUT2D eigenvalue weighted by molar-refractivity contribution is -0.120. The van der Waals surface area contributed by atoms with Crippen LogP contribution in [0.1, 0.15) is 19.8 Å². The Morgan fingerprint density at radius 2 is 2.13 bits per heavy atom. The number of nitriles is 1. The van der Waals surface area contributed by atoms with Crippen molar-refractivity contribution in [1.29, 1.82) is 5.26 Å². The molecule has 0 aromatic rings. The fraction of sp³-hybridized carbons (Fsp3) is 0.750. The number of hydrogen-bond acceptors (Lipinski definition) is 4. The van der Waals surface area contributed by atoms with E-state index in [0.717, 1.165) is 0 Å². The molecule has 0 aromatic heterocycles. The standard InChI is InChI=1S/C8H15N3O3S/c1-3-7(6-9)15(13,14)11-5-4-8(12)10-2/h7,11H,3-5H2,1-2H3,(H,10,12). The molecule has 0 aliphatic heterocycles. The topological polar surface area (TPSA) is 99.1 Å². The zero-order valence-electron chi connectivity index (χ0n) is 8.78. The maximum Gasteiger partial charge on any atom is 0.227 e. The molecule has 0 heterocycles. The van der Waals surface area contributed by atoms with Gasteiger partial charge in [0.05, 0.1) is 6.07 Å². The Bertz CT molecular complexity index is 345. The predicted octanol–water partition coefficient (Wildman–Crippen LogP) is -0.656. The number of sulfonamides is 1. The minimum Gasteiger partial charge on any atom is -0.359 e. The molecule has 0 spiro atoms. The minimum atomic E-state index is -3.62. The van der Waals surface area contributed by atoms with Gasteiger partial charge in [-0.05, 0) is 6.42 Å². The summed E-state index contributed by atoms with van der Waals surface area (Å²) >= 11 is 0. The third-order valence-electron chi connectivity index (χ3n) is 1.82. The van der Waals surface area contributed by atoms with Crippen LogP contribution in [-0.4, -0.2) is 33.2 Å². The molecule has 86 valence electrons. The van der Waals surface area contributed by atoms with Crippen LogP contribution in [0.25, 0.3) is 0 Å². The minimum absolute atomic E-state index is 0.0141. The van der Waals surface area contributed by atoms with E-state index in [9.17, 15) is 13.2 Å². The molecular weight excluding hydrogens is 218 g/mol. The molecule has 0 fully saturated rings. The second kappa shape index (κ2) is 6.37. The van der Waals surface area contributed by atoms with Gasteiger partial charge in [-0.2, -0.15) is 5.26 Å². The lowest BCUT2D eigenvalue weighted by atomic mass is 10.4. The van der Waals surface area contributed by atoms with E-state index in [4.69, 9.17) is 5.26 Å². The van der Waals surface area contributed by atoms with Gasteiger partial charge < -0.3 is 5.32 Å². The number of nitrogens with zero attached hydrogens (tertiary/aromatic N) is 1. The van der Waals surface area contributed by atoms with Gasteiger partial charge in [0, 0.05) is 20.0 Å². The van der Waals surface area contributed by atoms with Crippen LogP contribution >= 0.6 is 0 Å².